The van der Waals surface area contributed by atoms with E-state index in [2.05, 4.69) is 48.6 Å². The molecule has 0 aliphatic heterocycles. The van der Waals surface area contributed by atoms with Crippen LogP contribution in [0.3, 0.4) is 0 Å². The maximum atomic E-state index is 9.03. The number of halogens is 1. The molecule has 0 amide bonds. The first-order valence-corrected chi connectivity index (χ1v) is 7.81. The summed E-state index contributed by atoms with van der Waals surface area (Å²) in [4.78, 5) is 1.27. The number of fused-ring (bicyclic) bond motifs is 1. The van der Waals surface area contributed by atoms with Crippen LogP contribution in [0.4, 0.5) is 5.69 Å². The molecule has 0 fully saturated rings. The highest BCUT2D eigenvalue weighted by Gasteiger charge is 2.10. The van der Waals surface area contributed by atoms with E-state index in [1.165, 1.54) is 15.0 Å². The SMILES string of the molecule is CC(Nc1ccc(Cl)c(C#N)c1)c1cc2ccccc2s1. The fourth-order valence-corrected chi connectivity index (χ4v) is 3.46. The predicted octanol–water partition coefficient (Wildman–Crippen LogP) is 5.60. The van der Waals surface area contributed by atoms with Crippen LogP contribution in [0.5, 0.6) is 0 Å². The second-order valence-electron chi connectivity index (χ2n) is 4.86. The van der Waals surface area contributed by atoms with Gasteiger partial charge in [-0.1, -0.05) is 29.8 Å². The van der Waals surface area contributed by atoms with Crippen LogP contribution >= 0.6 is 22.9 Å². The van der Waals surface area contributed by atoms with E-state index in [1.54, 1.807) is 23.5 Å². The number of nitrogens with one attached hydrogen (secondary N) is 1. The van der Waals surface area contributed by atoms with Crippen LogP contribution in [0.2, 0.25) is 5.02 Å². The largest absolute Gasteiger partial charge is 0.378 e. The molecule has 0 saturated heterocycles. The molecule has 104 valence electrons. The van der Waals surface area contributed by atoms with Gasteiger partial charge in [-0.3, -0.25) is 0 Å². The van der Waals surface area contributed by atoms with E-state index >= 15 is 0 Å². The standard InChI is InChI=1S/C17H13ClN2S/c1-11(17-9-12-4-2-3-5-16(12)21-17)20-14-6-7-15(18)13(8-14)10-19/h2-9,11,20H,1H3. The van der Waals surface area contributed by atoms with Crippen molar-refractivity contribution in [2.45, 2.75) is 13.0 Å². The first-order chi connectivity index (χ1) is 10.2. The summed E-state index contributed by atoms with van der Waals surface area (Å²) >= 11 is 7.74. The van der Waals surface area contributed by atoms with Gasteiger partial charge in [0.2, 0.25) is 0 Å². The van der Waals surface area contributed by atoms with E-state index in [0.29, 0.717) is 10.6 Å². The molecule has 1 atom stereocenters. The predicted molar refractivity (Wildman–Crippen MR) is 90.0 cm³/mol. The summed E-state index contributed by atoms with van der Waals surface area (Å²) in [5.41, 5.74) is 1.39. The number of hydrogen-bond donors (Lipinski definition) is 1. The molecule has 0 spiro atoms. The molecule has 2 nitrogen and oxygen atoms in total. The smallest absolute Gasteiger partial charge is 0.101 e. The monoisotopic (exact) mass is 312 g/mol. The summed E-state index contributed by atoms with van der Waals surface area (Å²) in [5.74, 6) is 0. The van der Waals surface area contributed by atoms with Crippen molar-refractivity contribution in [3.63, 3.8) is 0 Å². The number of benzene rings is 2. The fraction of sp³-hybridized carbons (Fsp3) is 0.118. The highest BCUT2D eigenvalue weighted by molar-refractivity contribution is 7.19. The molecular weight excluding hydrogens is 300 g/mol. The minimum Gasteiger partial charge on any atom is -0.378 e. The van der Waals surface area contributed by atoms with Crippen LogP contribution in [0.1, 0.15) is 23.4 Å². The number of nitrogens with zero attached hydrogens (tertiary/aromatic N) is 1. The number of nitriles is 1. The van der Waals surface area contributed by atoms with Crippen molar-refractivity contribution in [3.8, 4) is 6.07 Å². The van der Waals surface area contributed by atoms with E-state index in [0.717, 1.165) is 5.69 Å². The summed E-state index contributed by atoms with van der Waals surface area (Å²) < 4.78 is 1.29. The molecule has 1 heterocycles. The van der Waals surface area contributed by atoms with E-state index < -0.39 is 0 Å². The van der Waals surface area contributed by atoms with Gasteiger partial charge in [-0.15, -0.1) is 11.3 Å². The van der Waals surface area contributed by atoms with Crippen LogP contribution in [0.15, 0.2) is 48.5 Å². The third-order valence-corrected chi connectivity index (χ3v) is 4.97. The summed E-state index contributed by atoms with van der Waals surface area (Å²) in [7, 11) is 0. The second-order valence-corrected chi connectivity index (χ2v) is 6.38. The van der Waals surface area contributed by atoms with E-state index in [1.807, 2.05) is 6.07 Å². The van der Waals surface area contributed by atoms with Crippen molar-refractivity contribution in [1.29, 1.82) is 5.26 Å². The minimum atomic E-state index is 0.176. The normalized spacial score (nSPS) is 12.0. The van der Waals surface area contributed by atoms with Gasteiger partial charge < -0.3 is 5.32 Å². The Hall–Kier alpha value is -2.02. The third-order valence-electron chi connectivity index (χ3n) is 3.34. The number of hydrogen-bond acceptors (Lipinski definition) is 3. The molecular formula is C17H13ClN2S. The zero-order chi connectivity index (χ0) is 14.8. The van der Waals surface area contributed by atoms with E-state index in [9.17, 15) is 0 Å². The third kappa shape index (κ3) is 2.87. The van der Waals surface area contributed by atoms with Gasteiger partial charge in [0, 0.05) is 15.3 Å². The van der Waals surface area contributed by atoms with Gasteiger partial charge in [0.25, 0.3) is 0 Å². The molecule has 0 radical (unpaired) electrons. The Labute approximate surface area is 132 Å². The molecule has 4 heteroatoms. The fourth-order valence-electron chi connectivity index (χ4n) is 2.24. The van der Waals surface area contributed by atoms with Gasteiger partial charge in [0.05, 0.1) is 16.6 Å². The highest BCUT2D eigenvalue weighted by atomic mass is 35.5. The second kappa shape index (κ2) is 5.77. The van der Waals surface area contributed by atoms with Gasteiger partial charge in [0.15, 0.2) is 0 Å². The van der Waals surface area contributed by atoms with E-state index in [-0.39, 0.29) is 6.04 Å². The molecule has 0 bridgehead atoms. The Balaban J connectivity index is 1.86. The molecule has 2 aromatic carbocycles. The lowest BCUT2D eigenvalue weighted by Gasteiger charge is -2.14. The Bertz CT molecular complexity index is 799. The molecule has 0 aliphatic rings. The molecule has 3 aromatic rings. The molecule has 3 rings (SSSR count). The molecule has 0 saturated carbocycles. The lowest BCUT2D eigenvalue weighted by atomic mass is 10.2. The molecule has 0 aliphatic carbocycles. The van der Waals surface area contributed by atoms with Crippen molar-refractivity contribution in [2.24, 2.45) is 0 Å². The van der Waals surface area contributed by atoms with Crippen molar-refractivity contribution < 1.29 is 0 Å². The Kier molecular flexibility index (Phi) is 3.83. The minimum absolute atomic E-state index is 0.176. The molecule has 1 unspecified atom stereocenters. The number of rotatable bonds is 3. The highest BCUT2D eigenvalue weighted by Crippen LogP contribution is 2.32. The summed E-state index contributed by atoms with van der Waals surface area (Å²) in [6.45, 7) is 2.12. The molecule has 1 N–H and O–H groups in total. The van der Waals surface area contributed by atoms with Crippen molar-refractivity contribution in [3.05, 3.63) is 64.0 Å². The Morgan fingerprint density at radius 2 is 2.00 bits per heavy atom. The lowest BCUT2D eigenvalue weighted by Crippen LogP contribution is -2.04. The first-order valence-electron chi connectivity index (χ1n) is 6.62. The van der Waals surface area contributed by atoms with Gasteiger partial charge in [0.1, 0.15) is 6.07 Å². The number of thiophene rings is 1. The zero-order valence-corrected chi connectivity index (χ0v) is 13.0. The maximum absolute atomic E-state index is 9.03. The van der Waals surface area contributed by atoms with Crippen LogP contribution in [0.25, 0.3) is 10.1 Å². The Morgan fingerprint density at radius 1 is 1.19 bits per heavy atom. The first kappa shape index (κ1) is 13.9. The van der Waals surface area contributed by atoms with Gasteiger partial charge in [-0.25, -0.2) is 0 Å². The van der Waals surface area contributed by atoms with Crippen molar-refractivity contribution >= 4 is 38.7 Å². The zero-order valence-electron chi connectivity index (χ0n) is 11.4. The quantitative estimate of drug-likeness (QED) is 0.683. The number of anilines is 1. The van der Waals surface area contributed by atoms with Gasteiger partial charge in [-0.2, -0.15) is 5.26 Å². The van der Waals surface area contributed by atoms with Crippen molar-refractivity contribution in [1.82, 2.24) is 0 Å². The topological polar surface area (TPSA) is 35.8 Å². The average Bonchev–Trinajstić information content (AvgIpc) is 2.93. The molecule has 21 heavy (non-hydrogen) atoms. The summed E-state index contributed by atoms with van der Waals surface area (Å²) in [6.07, 6.45) is 0. The average molecular weight is 313 g/mol. The van der Waals surface area contributed by atoms with Crippen LogP contribution in [-0.2, 0) is 0 Å². The van der Waals surface area contributed by atoms with Gasteiger partial charge >= 0.3 is 0 Å². The maximum Gasteiger partial charge on any atom is 0.101 e. The summed E-state index contributed by atoms with van der Waals surface area (Å²) in [6, 6.07) is 18.3. The molecule has 1 aromatic heterocycles. The van der Waals surface area contributed by atoms with Crippen LogP contribution in [-0.4, -0.2) is 0 Å². The lowest BCUT2D eigenvalue weighted by molar-refractivity contribution is 0.909. The van der Waals surface area contributed by atoms with Gasteiger partial charge in [-0.05, 0) is 42.6 Å². The Morgan fingerprint density at radius 3 is 2.76 bits per heavy atom. The van der Waals surface area contributed by atoms with E-state index in [4.69, 9.17) is 16.9 Å². The van der Waals surface area contributed by atoms with Crippen molar-refractivity contribution in [2.75, 3.05) is 5.32 Å². The van der Waals surface area contributed by atoms with Crippen LogP contribution in [0, 0.1) is 11.3 Å². The van der Waals surface area contributed by atoms with Crippen LogP contribution < -0.4 is 5.32 Å². The summed E-state index contributed by atoms with van der Waals surface area (Å²) in [5, 5.41) is 14.2.